The molecular formula is C17H19N3O. The molecule has 2 aromatic carbocycles. The Balaban J connectivity index is 1.63. The van der Waals surface area contributed by atoms with Crippen molar-refractivity contribution in [1.82, 2.24) is 15.1 Å². The number of hydrogen-bond acceptors (Lipinski definition) is 3. The Morgan fingerprint density at radius 3 is 2.81 bits per heavy atom. The number of aliphatic hydroxyl groups excluding tert-OH is 1. The maximum Gasteiger partial charge on any atom is 0.0640 e. The molecule has 3 aromatic rings. The highest BCUT2D eigenvalue weighted by atomic mass is 16.3. The predicted molar refractivity (Wildman–Crippen MR) is 83.8 cm³/mol. The summed E-state index contributed by atoms with van der Waals surface area (Å²) >= 11 is 0. The molecule has 4 nitrogen and oxygen atoms in total. The van der Waals surface area contributed by atoms with Gasteiger partial charge in [-0.15, -0.1) is 0 Å². The number of nitrogens with one attached hydrogen (secondary N) is 1. The Morgan fingerprint density at radius 2 is 1.90 bits per heavy atom. The largest absolute Gasteiger partial charge is 0.394 e. The minimum atomic E-state index is 0.116. The van der Waals surface area contributed by atoms with Gasteiger partial charge in [-0.2, -0.15) is 5.10 Å². The van der Waals surface area contributed by atoms with Crippen molar-refractivity contribution >= 4 is 10.8 Å². The molecule has 1 heterocycles. The molecule has 0 unspecified atom stereocenters. The fourth-order valence-electron chi connectivity index (χ4n) is 2.51. The first kappa shape index (κ1) is 13.8. The summed E-state index contributed by atoms with van der Waals surface area (Å²) in [5, 5.41) is 19.1. The Kier molecular flexibility index (Phi) is 4.28. The quantitative estimate of drug-likeness (QED) is 0.729. The van der Waals surface area contributed by atoms with E-state index in [2.05, 4.69) is 52.9 Å². The Hall–Kier alpha value is -2.17. The maximum atomic E-state index is 8.88. The van der Waals surface area contributed by atoms with Gasteiger partial charge in [0.1, 0.15) is 0 Å². The first-order chi connectivity index (χ1) is 10.4. The molecule has 2 N–H and O–H groups in total. The van der Waals surface area contributed by atoms with Crippen LogP contribution in [-0.2, 0) is 19.6 Å². The summed E-state index contributed by atoms with van der Waals surface area (Å²) in [6, 6.07) is 14.8. The number of benzene rings is 2. The summed E-state index contributed by atoms with van der Waals surface area (Å²) in [4.78, 5) is 0. The van der Waals surface area contributed by atoms with Crippen molar-refractivity contribution in [3.8, 4) is 0 Å². The van der Waals surface area contributed by atoms with Crippen LogP contribution in [0.15, 0.2) is 54.9 Å². The van der Waals surface area contributed by atoms with Crippen molar-refractivity contribution in [2.24, 2.45) is 0 Å². The standard InChI is InChI=1S/C17H19N3O/c21-9-8-20-13-14(11-19-20)10-18-12-16-6-3-5-15-4-1-2-7-17(15)16/h1-7,11,13,18,21H,8-10,12H2. The van der Waals surface area contributed by atoms with Crippen LogP contribution in [0.25, 0.3) is 10.8 Å². The average Bonchev–Trinajstić information content (AvgIpc) is 2.96. The summed E-state index contributed by atoms with van der Waals surface area (Å²) < 4.78 is 1.76. The predicted octanol–water partition coefficient (Wildman–Crippen LogP) is 2.32. The van der Waals surface area contributed by atoms with E-state index in [0.29, 0.717) is 6.54 Å². The summed E-state index contributed by atoms with van der Waals surface area (Å²) in [7, 11) is 0. The number of aromatic nitrogens is 2. The lowest BCUT2D eigenvalue weighted by atomic mass is 10.0. The molecule has 0 saturated carbocycles. The first-order valence-corrected chi connectivity index (χ1v) is 7.16. The van der Waals surface area contributed by atoms with Crippen molar-refractivity contribution in [3.63, 3.8) is 0 Å². The first-order valence-electron chi connectivity index (χ1n) is 7.16. The molecule has 0 amide bonds. The van der Waals surface area contributed by atoms with Gasteiger partial charge in [0.2, 0.25) is 0 Å². The molecule has 0 aliphatic rings. The van der Waals surface area contributed by atoms with E-state index in [1.165, 1.54) is 16.3 Å². The van der Waals surface area contributed by atoms with Gasteiger partial charge in [0.25, 0.3) is 0 Å². The summed E-state index contributed by atoms with van der Waals surface area (Å²) in [6.45, 7) is 2.26. The molecule has 0 aliphatic carbocycles. The minimum absolute atomic E-state index is 0.116. The maximum absolute atomic E-state index is 8.88. The number of rotatable bonds is 6. The molecule has 21 heavy (non-hydrogen) atoms. The van der Waals surface area contributed by atoms with Crippen molar-refractivity contribution in [3.05, 3.63) is 66.0 Å². The highest BCUT2D eigenvalue weighted by Gasteiger charge is 2.01. The second-order valence-corrected chi connectivity index (χ2v) is 5.08. The third-order valence-corrected chi connectivity index (χ3v) is 3.54. The molecule has 0 spiro atoms. The zero-order valence-corrected chi connectivity index (χ0v) is 11.9. The lowest BCUT2D eigenvalue weighted by molar-refractivity contribution is 0.269. The topological polar surface area (TPSA) is 50.1 Å². The highest BCUT2D eigenvalue weighted by molar-refractivity contribution is 5.85. The summed E-state index contributed by atoms with van der Waals surface area (Å²) in [5.41, 5.74) is 2.43. The third-order valence-electron chi connectivity index (χ3n) is 3.54. The van der Waals surface area contributed by atoms with Crippen LogP contribution in [0, 0.1) is 0 Å². The fraction of sp³-hybridized carbons (Fsp3) is 0.235. The Morgan fingerprint density at radius 1 is 1.05 bits per heavy atom. The van der Waals surface area contributed by atoms with Crippen LogP contribution < -0.4 is 5.32 Å². The van der Waals surface area contributed by atoms with E-state index in [1.54, 1.807) is 4.68 Å². The van der Waals surface area contributed by atoms with Gasteiger partial charge in [0.15, 0.2) is 0 Å². The van der Waals surface area contributed by atoms with Crippen LogP contribution in [0.4, 0.5) is 0 Å². The van der Waals surface area contributed by atoms with E-state index in [-0.39, 0.29) is 6.61 Å². The van der Waals surface area contributed by atoms with Crippen molar-refractivity contribution in [1.29, 1.82) is 0 Å². The molecular weight excluding hydrogens is 262 g/mol. The van der Waals surface area contributed by atoms with Crippen LogP contribution >= 0.6 is 0 Å². The molecule has 0 fully saturated rings. The van der Waals surface area contributed by atoms with Crippen molar-refractivity contribution < 1.29 is 5.11 Å². The van der Waals surface area contributed by atoms with Gasteiger partial charge in [0, 0.05) is 24.8 Å². The highest BCUT2D eigenvalue weighted by Crippen LogP contribution is 2.18. The number of hydrogen-bond donors (Lipinski definition) is 2. The lowest BCUT2D eigenvalue weighted by Gasteiger charge is -2.07. The van der Waals surface area contributed by atoms with E-state index in [4.69, 9.17) is 5.11 Å². The van der Waals surface area contributed by atoms with Gasteiger partial charge >= 0.3 is 0 Å². The molecule has 0 bridgehead atoms. The number of nitrogens with zero attached hydrogens (tertiary/aromatic N) is 2. The van der Waals surface area contributed by atoms with Crippen molar-refractivity contribution in [2.75, 3.05) is 6.61 Å². The van der Waals surface area contributed by atoms with E-state index in [1.807, 2.05) is 12.4 Å². The van der Waals surface area contributed by atoms with Crippen LogP contribution in [0.3, 0.4) is 0 Å². The number of aliphatic hydroxyl groups is 1. The zero-order valence-electron chi connectivity index (χ0n) is 11.9. The molecule has 0 saturated heterocycles. The monoisotopic (exact) mass is 281 g/mol. The van der Waals surface area contributed by atoms with Gasteiger partial charge in [-0.25, -0.2) is 0 Å². The number of fused-ring (bicyclic) bond motifs is 1. The van der Waals surface area contributed by atoms with Gasteiger partial charge in [-0.1, -0.05) is 42.5 Å². The molecule has 0 aliphatic heterocycles. The minimum Gasteiger partial charge on any atom is -0.394 e. The molecule has 108 valence electrons. The van der Waals surface area contributed by atoms with Crippen LogP contribution in [-0.4, -0.2) is 21.5 Å². The Labute approximate surface area is 124 Å². The second-order valence-electron chi connectivity index (χ2n) is 5.08. The second kappa shape index (κ2) is 6.52. The van der Waals surface area contributed by atoms with E-state index in [9.17, 15) is 0 Å². The normalized spacial score (nSPS) is 11.1. The molecule has 4 heteroatoms. The molecule has 3 rings (SSSR count). The summed E-state index contributed by atoms with van der Waals surface area (Å²) in [5.74, 6) is 0. The Bertz CT molecular complexity index is 715. The van der Waals surface area contributed by atoms with Crippen LogP contribution in [0.5, 0.6) is 0 Å². The van der Waals surface area contributed by atoms with E-state index < -0.39 is 0 Å². The van der Waals surface area contributed by atoms with Crippen molar-refractivity contribution in [2.45, 2.75) is 19.6 Å². The van der Waals surface area contributed by atoms with Gasteiger partial charge in [-0.3, -0.25) is 4.68 Å². The SMILES string of the molecule is OCCn1cc(CNCc2cccc3ccccc23)cn1. The third kappa shape index (κ3) is 3.29. The van der Waals surface area contributed by atoms with E-state index in [0.717, 1.165) is 18.7 Å². The van der Waals surface area contributed by atoms with Crippen LogP contribution in [0.2, 0.25) is 0 Å². The van der Waals surface area contributed by atoms with Gasteiger partial charge in [0.05, 0.1) is 19.3 Å². The zero-order chi connectivity index (χ0) is 14.5. The van der Waals surface area contributed by atoms with E-state index >= 15 is 0 Å². The molecule has 0 radical (unpaired) electrons. The van der Waals surface area contributed by atoms with Crippen LogP contribution in [0.1, 0.15) is 11.1 Å². The average molecular weight is 281 g/mol. The van der Waals surface area contributed by atoms with Gasteiger partial charge < -0.3 is 10.4 Å². The smallest absolute Gasteiger partial charge is 0.0640 e. The lowest BCUT2D eigenvalue weighted by Crippen LogP contribution is -2.12. The fourth-order valence-corrected chi connectivity index (χ4v) is 2.51. The molecule has 0 atom stereocenters. The van der Waals surface area contributed by atoms with Gasteiger partial charge in [-0.05, 0) is 16.3 Å². The summed E-state index contributed by atoms with van der Waals surface area (Å²) in [6.07, 6.45) is 3.80. The molecule has 1 aromatic heterocycles.